The Balaban J connectivity index is 1.51. The van der Waals surface area contributed by atoms with E-state index < -0.39 is 15.7 Å². The summed E-state index contributed by atoms with van der Waals surface area (Å²) in [4.78, 5) is 16.2. The first-order chi connectivity index (χ1) is 16.8. The highest BCUT2D eigenvalue weighted by molar-refractivity contribution is 7.91. The van der Waals surface area contributed by atoms with Crippen LogP contribution >= 0.6 is 11.5 Å². The number of para-hydroxylation sites is 1. The summed E-state index contributed by atoms with van der Waals surface area (Å²) >= 11 is 0.732. The monoisotopic (exact) mass is 512 g/mol. The maximum Gasteiger partial charge on any atom is 0.268 e. The predicted molar refractivity (Wildman–Crippen MR) is 133 cm³/mol. The summed E-state index contributed by atoms with van der Waals surface area (Å²) in [6.07, 6.45) is 2.13. The molecule has 0 unspecified atom stereocenters. The Morgan fingerprint density at radius 2 is 1.86 bits per heavy atom. The summed E-state index contributed by atoms with van der Waals surface area (Å²) in [5.41, 5.74) is 1.54. The minimum atomic E-state index is -3.58. The maximum atomic E-state index is 12.4. The van der Waals surface area contributed by atoms with Gasteiger partial charge in [-0.05, 0) is 42.3 Å². The van der Waals surface area contributed by atoms with E-state index in [2.05, 4.69) is 14.7 Å². The fourth-order valence-corrected chi connectivity index (χ4v) is 4.39. The van der Waals surface area contributed by atoms with E-state index in [0.29, 0.717) is 30.9 Å². The van der Waals surface area contributed by atoms with Gasteiger partial charge in [-0.25, -0.2) is 8.42 Å². The zero-order valence-corrected chi connectivity index (χ0v) is 20.9. The van der Waals surface area contributed by atoms with Crippen LogP contribution in [0.2, 0.25) is 0 Å². The molecule has 11 heteroatoms. The molecule has 1 heterocycles. The van der Waals surface area contributed by atoms with Gasteiger partial charge in [0.1, 0.15) is 23.1 Å². The van der Waals surface area contributed by atoms with Crippen molar-refractivity contribution in [3.05, 3.63) is 65.2 Å². The molecule has 0 fully saturated rings. The Hall–Kier alpha value is -3.75. The molecule has 1 aromatic heterocycles. The number of benzene rings is 2. The molecule has 0 saturated heterocycles. The zero-order chi connectivity index (χ0) is 25.3. The Kier molecular flexibility index (Phi) is 8.94. The SMILES string of the molecule is CCS(=O)(=O)c1nsc(NC(=O)C(C#N)=Cc2ccc(OCCCOc3ccccc3C)cc2)n1. The van der Waals surface area contributed by atoms with E-state index in [-0.39, 0.29) is 21.6 Å². The summed E-state index contributed by atoms with van der Waals surface area (Å²) < 4.78 is 38.8. The van der Waals surface area contributed by atoms with E-state index in [9.17, 15) is 18.5 Å². The summed E-state index contributed by atoms with van der Waals surface area (Å²) in [5, 5.41) is 11.4. The van der Waals surface area contributed by atoms with Gasteiger partial charge in [0.05, 0.1) is 19.0 Å². The quantitative estimate of drug-likeness (QED) is 0.231. The van der Waals surface area contributed by atoms with Crippen LogP contribution in [0.1, 0.15) is 24.5 Å². The zero-order valence-electron chi connectivity index (χ0n) is 19.2. The number of nitriles is 1. The van der Waals surface area contributed by atoms with Crippen molar-refractivity contribution >= 4 is 38.5 Å². The summed E-state index contributed by atoms with van der Waals surface area (Å²) in [7, 11) is -3.58. The number of aromatic nitrogens is 2. The fourth-order valence-electron chi connectivity index (χ4n) is 2.81. The van der Waals surface area contributed by atoms with Gasteiger partial charge in [-0.15, -0.1) is 0 Å². The topological polar surface area (TPSA) is 131 Å². The van der Waals surface area contributed by atoms with Gasteiger partial charge in [-0.1, -0.05) is 37.3 Å². The van der Waals surface area contributed by atoms with Crippen LogP contribution in [-0.4, -0.2) is 42.6 Å². The number of aryl methyl sites for hydroxylation is 1. The van der Waals surface area contributed by atoms with Crippen molar-refractivity contribution in [3.8, 4) is 17.6 Å². The van der Waals surface area contributed by atoms with Crippen molar-refractivity contribution in [2.24, 2.45) is 0 Å². The standard InChI is InChI=1S/C24H24N4O5S2/c1-3-35(30,31)24-27-23(34-28-24)26-22(29)19(16-25)15-18-9-11-20(12-10-18)32-13-6-14-33-21-8-5-4-7-17(21)2/h4-5,7-12,15H,3,6,13-14H2,1-2H3,(H,26,27,28,29). The van der Waals surface area contributed by atoms with Gasteiger partial charge < -0.3 is 9.47 Å². The number of nitrogens with zero attached hydrogens (tertiary/aromatic N) is 3. The molecule has 182 valence electrons. The van der Waals surface area contributed by atoms with Crippen LogP contribution in [0.25, 0.3) is 6.08 Å². The molecule has 1 amide bonds. The van der Waals surface area contributed by atoms with Crippen molar-refractivity contribution in [1.82, 2.24) is 9.36 Å². The molecular formula is C24H24N4O5S2. The highest BCUT2D eigenvalue weighted by Crippen LogP contribution is 2.19. The average molecular weight is 513 g/mol. The third kappa shape index (κ3) is 7.37. The highest BCUT2D eigenvalue weighted by atomic mass is 32.2. The lowest BCUT2D eigenvalue weighted by atomic mass is 10.1. The van der Waals surface area contributed by atoms with Gasteiger partial charge in [0, 0.05) is 18.0 Å². The largest absolute Gasteiger partial charge is 0.493 e. The van der Waals surface area contributed by atoms with Gasteiger partial charge in [0.15, 0.2) is 0 Å². The van der Waals surface area contributed by atoms with E-state index in [1.807, 2.05) is 37.3 Å². The molecule has 35 heavy (non-hydrogen) atoms. The van der Waals surface area contributed by atoms with Gasteiger partial charge >= 0.3 is 0 Å². The Morgan fingerprint density at radius 1 is 1.14 bits per heavy atom. The van der Waals surface area contributed by atoms with Crippen molar-refractivity contribution in [3.63, 3.8) is 0 Å². The smallest absolute Gasteiger partial charge is 0.268 e. The van der Waals surface area contributed by atoms with Crippen LogP contribution in [-0.2, 0) is 14.6 Å². The van der Waals surface area contributed by atoms with Crippen molar-refractivity contribution in [2.45, 2.75) is 25.4 Å². The Morgan fingerprint density at radius 3 is 2.54 bits per heavy atom. The second-order valence-electron chi connectivity index (χ2n) is 7.29. The number of hydrogen-bond donors (Lipinski definition) is 1. The second kappa shape index (κ2) is 12.1. The summed E-state index contributed by atoms with van der Waals surface area (Å²) in [6, 6.07) is 16.6. The van der Waals surface area contributed by atoms with Crippen molar-refractivity contribution in [2.75, 3.05) is 24.3 Å². The molecule has 0 radical (unpaired) electrons. The highest BCUT2D eigenvalue weighted by Gasteiger charge is 2.20. The molecule has 1 N–H and O–H groups in total. The molecule has 3 rings (SSSR count). The van der Waals surface area contributed by atoms with Crippen LogP contribution < -0.4 is 14.8 Å². The molecule has 0 aliphatic rings. The molecule has 0 aliphatic heterocycles. The average Bonchev–Trinajstić information content (AvgIpc) is 3.33. The van der Waals surface area contributed by atoms with E-state index in [4.69, 9.17) is 9.47 Å². The predicted octanol–water partition coefficient (Wildman–Crippen LogP) is 4.03. The van der Waals surface area contributed by atoms with Crippen LogP contribution in [0.3, 0.4) is 0 Å². The van der Waals surface area contributed by atoms with Crippen molar-refractivity contribution < 1.29 is 22.7 Å². The van der Waals surface area contributed by atoms with Crippen LogP contribution in [0, 0.1) is 18.3 Å². The van der Waals surface area contributed by atoms with Gasteiger partial charge in [0.2, 0.25) is 15.0 Å². The van der Waals surface area contributed by atoms with E-state index in [1.165, 1.54) is 13.0 Å². The molecule has 0 spiro atoms. The lowest BCUT2D eigenvalue weighted by Gasteiger charge is -2.10. The van der Waals surface area contributed by atoms with Crippen LogP contribution in [0.15, 0.2) is 59.3 Å². The fraction of sp³-hybridized carbons (Fsp3) is 0.250. The van der Waals surface area contributed by atoms with E-state index >= 15 is 0 Å². The summed E-state index contributed by atoms with van der Waals surface area (Å²) in [6.45, 7) is 4.48. The first-order valence-electron chi connectivity index (χ1n) is 10.7. The third-order valence-electron chi connectivity index (χ3n) is 4.75. The van der Waals surface area contributed by atoms with Gasteiger partial charge in [0.25, 0.3) is 11.1 Å². The first-order valence-corrected chi connectivity index (χ1v) is 13.2. The molecule has 0 aliphatic carbocycles. The Labute approximate surface area is 208 Å². The van der Waals surface area contributed by atoms with Gasteiger partial charge in [-0.3, -0.25) is 10.1 Å². The minimum Gasteiger partial charge on any atom is -0.493 e. The number of ether oxygens (including phenoxy) is 2. The number of anilines is 1. The maximum absolute atomic E-state index is 12.4. The number of hydrogen-bond acceptors (Lipinski definition) is 9. The molecule has 0 saturated carbocycles. The molecular weight excluding hydrogens is 488 g/mol. The van der Waals surface area contributed by atoms with Crippen LogP contribution in [0.4, 0.5) is 5.13 Å². The lowest BCUT2D eigenvalue weighted by molar-refractivity contribution is -0.112. The van der Waals surface area contributed by atoms with Crippen LogP contribution in [0.5, 0.6) is 11.5 Å². The molecule has 0 bridgehead atoms. The number of nitrogens with one attached hydrogen (secondary N) is 1. The molecule has 0 atom stereocenters. The number of rotatable bonds is 11. The molecule has 2 aromatic carbocycles. The Bertz CT molecular complexity index is 1340. The number of carbonyl (C=O) groups is 1. The first kappa shape index (κ1) is 25.9. The second-order valence-corrected chi connectivity index (χ2v) is 10.2. The number of amides is 1. The van der Waals surface area contributed by atoms with E-state index in [1.54, 1.807) is 24.3 Å². The number of carbonyl (C=O) groups excluding carboxylic acids is 1. The molecule has 3 aromatic rings. The third-order valence-corrected chi connectivity index (χ3v) is 7.00. The normalized spacial score (nSPS) is 11.5. The molecule has 9 nitrogen and oxygen atoms in total. The van der Waals surface area contributed by atoms with Gasteiger partial charge in [-0.2, -0.15) is 14.6 Å². The number of sulfone groups is 1. The minimum absolute atomic E-state index is 0.00155. The van der Waals surface area contributed by atoms with Crippen molar-refractivity contribution in [1.29, 1.82) is 5.26 Å². The lowest BCUT2D eigenvalue weighted by Crippen LogP contribution is -2.13. The van der Waals surface area contributed by atoms with E-state index in [0.717, 1.165) is 22.8 Å². The summed E-state index contributed by atoms with van der Waals surface area (Å²) in [5.74, 6) is 0.651.